The number of hydrogen-bond donors (Lipinski definition) is 2. The Labute approximate surface area is 128 Å². The van der Waals surface area contributed by atoms with Gasteiger partial charge in [-0.2, -0.15) is 0 Å². The lowest BCUT2D eigenvalue weighted by Gasteiger charge is -2.09. The summed E-state index contributed by atoms with van der Waals surface area (Å²) in [5.74, 6) is -0.0244. The Morgan fingerprint density at radius 2 is 2.11 bits per heavy atom. The van der Waals surface area contributed by atoms with Crippen molar-refractivity contribution >= 4 is 44.9 Å². The predicted octanol–water partition coefficient (Wildman–Crippen LogP) is 4.23. The summed E-state index contributed by atoms with van der Waals surface area (Å²) in [5, 5.41) is 6.02. The summed E-state index contributed by atoms with van der Waals surface area (Å²) >= 11 is 8.48. The third-order valence-electron chi connectivity index (χ3n) is 2.59. The molecule has 1 amide bonds. The molecule has 1 aromatic carbocycles. The average molecular weight is 343 g/mol. The zero-order valence-corrected chi connectivity index (χ0v) is 13.4. The van der Waals surface area contributed by atoms with Gasteiger partial charge in [-0.15, -0.1) is 0 Å². The number of amides is 1. The van der Waals surface area contributed by atoms with Crippen molar-refractivity contribution in [1.29, 1.82) is 0 Å². The van der Waals surface area contributed by atoms with E-state index in [-0.39, 0.29) is 5.91 Å². The van der Waals surface area contributed by atoms with Crippen molar-refractivity contribution in [1.82, 2.24) is 5.32 Å². The largest absolute Gasteiger partial charge is 0.332 e. The maximum Gasteiger partial charge on any atom is 0.226 e. The highest BCUT2D eigenvalue weighted by atomic mass is 79.9. The van der Waals surface area contributed by atoms with Gasteiger partial charge in [0, 0.05) is 16.6 Å². The Balaban J connectivity index is 2.29. The molecule has 0 saturated heterocycles. The zero-order valence-electron chi connectivity index (χ0n) is 11.0. The lowest BCUT2D eigenvalue weighted by atomic mass is 10.1. The fourth-order valence-electron chi connectivity index (χ4n) is 1.63. The molecule has 0 heterocycles. The zero-order chi connectivity index (χ0) is 14.1. The molecule has 0 atom stereocenters. The highest BCUT2D eigenvalue weighted by Gasteiger charge is 2.04. The SMILES string of the molecule is CCCCCCC(=O)NC(=S)Nc1cccc(Br)c1. The standard InChI is InChI=1S/C14H19BrN2OS/c1-2-3-4-5-9-13(18)17-14(19)16-12-8-6-7-11(15)10-12/h6-8,10H,2-5,9H2,1H3,(H2,16,17,18,19). The van der Waals surface area contributed by atoms with Crippen molar-refractivity contribution in [3.05, 3.63) is 28.7 Å². The molecule has 104 valence electrons. The molecule has 0 bridgehead atoms. The summed E-state index contributed by atoms with van der Waals surface area (Å²) in [6.45, 7) is 2.15. The van der Waals surface area contributed by atoms with E-state index in [1.54, 1.807) is 0 Å². The van der Waals surface area contributed by atoms with E-state index in [1.807, 2.05) is 24.3 Å². The third kappa shape index (κ3) is 7.28. The molecule has 0 aromatic heterocycles. The molecule has 1 aromatic rings. The van der Waals surface area contributed by atoms with Crippen molar-refractivity contribution in [2.24, 2.45) is 0 Å². The van der Waals surface area contributed by atoms with Gasteiger partial charge in [-0.25, -0.2) is 0 Å². The molecule has 2 N–H and O–H groups in total. The summed E-state index contributed by atoms with van der Waals surface area (Å²) < 4.78 is 0.964. The monoisotopic (exact) mass is 342 g/mol. The van der Waals surface area contributed by atoms with Crippen LogP contribution in [0.2, 0.25) is 0 Å². The van der Waals surface area contributed by atoms with Crippen molar-refractivity contribution in [2.75, 3.05) is 5.32 Å². The summed E-state index contributed by atoms with van der Waals surface area (Å²) in [5.41, 5.74) is 0.852. The van der Waals surface area contributed by atoms with Crippen LogP contribution in [0, 0.1) is 0 Å². The van der Waals surface area contributed by atoms with E-state index in [4.69, 9.17) is 12.2 Å². The molecule has 0 fully saturated rings. The highest BCUT2D eigenvalue weighted by Crippen LogP contribution is 2.15. The first-order valence-corrected chi connectivity index (χ1v) is 7.68. The minimum Gasteiger partial charge on any atom is -0.332 e. The second kappa shape index (κ2) is 9.04. The van der Waals surface area contributed by atoms with Crippen LogP contribution >= 0.6 is 28.1 Å². The molecule has 0 radical (unpaired) electrons. The predicted molar refractivity (Wildman–Crippen MR) is 87.3 cm³/mol. The number of rotatable bonds is 6. The number of halogens is 1. The molecule has 0 saturated carbocycles. The molecule has 0 unspecified atom stereocenters. The van der Waals surface area contributed by atoms with E-state index in [2.05, 4.69) is 33.5 Å². The molecule has 0 aliphatic heterocycles. The Kier molecular flexibility index (Phi) is 7.67. The Morgan fingerprint density at radius 3 is 2.79 bits per heavy atom. The van der Waals surface area contributed by atoms with Crippen molar-refractivity contribution in [2.45, 2.75) is 39.0 Å². The number of hydrogen-bond acceptors (Lipinski definition) is 2. The smallest absolute Gasteiger partial charge is 0.226 e. The summed E-state index contributed by atoms with van der Waals surface area (Å²) in [6.07, 6.45) is 4.88. The van der Waals surface area contributed by atoms with Gasteiger partial charge in [0.15, 0.2) is 5.11 Å². The molecule has 1 rings (SSSR count). The van der Waals surface area contributed by atoms with Crippen LogP contribution < -0.4 is 10.6 Å². The Bertz CT molecular complexity index is 437. The van der Waals surface area contributed by atoms with E-state index >= 15 is 0 Å². The normalized spacial score (nSPS) is 10.0. The van der Waals surface area contributed by atoms with Gasteiger partial charge in [0.1, 0.15) is 0 Å². The van der Waals surface area contributed by atoms with Gasteiger partial charge in [0.05, 0.1) is 0 Å². The number of carbonyl (C=O) groups is 1. The van der Waals surface area contributed by atoms with Crippen molar-refractivity contribution in [3.63, 3.8) is 0 Å². The number of benzene rings is 1. The number of carbonyl (C=O) groups excluding carboxylic acids is 1. The first-order chi connectivity index (χ1) is 9.11. The first-order valence-electron chi connectivity index (χ1n) is 6.48. The number of thiocarbonyl (C=S) groups is 1. The van der Waals surface area contributed by atoms with Crippen LogP contribution in [0.15, 0.2) is 28.7 Å². The van der Waals surface area contributed by atoms with Crippen LogP contribution in [0.5, 0.6) is 0 Å². The van der Waals surface area contributed by atoms with E-state index < -0.39 is 0 Å². The average Bonchev–Trinajstić information content (AvgIpc) is 2.34. The molecule has 0 aliphatic carbocycles. The van der Waals surface area contributed by atoms with Gasteiger partial charge in [-0.3, -0.25) is 4.79 Å². The van der Waals surface area contributed by atoms with Crippen LogP contribution in [0.4, 0.5) is 5.69 Å². The molecular weight excluding hydrogens is 324 g/mol. The van der Waals surface area contributed by atoms with Crippen molar-refractivity contribution in [3.8, 4) is 0 Å². The molecule has 0 spiro atoms. The van der Waals surface area contributed by atoms with Crippen LogP contribution in [0.1, 0.15) is 39.0 Å². The molecule has 5 heteroatoms. The second-order valence-electron chi connectivity index (χ2n) is 4.32. The molecule has 3 nitrogen and oxygen atoms in total. The lowest BCUT2D eigenvalue weighted by molar-refractivity contribution is -0.119. The lowest BCUT2D eigenvalue weighted by Crippen LogP contribution is -2.33. The summed E-state index contributed by atoms with van der Waals surface area (Å²) in [4.78, 5) is 11.6. The topological polar surface area (TPSA) is 41.1 Å². The molecule has 0 aliphatic rings. The Morgan fingerprint density at radius 1 is 1.32 bits per heavy atom. The maximum atomic E-state index is 11.6. The van der Waals surface area contributed by atoms with Gasteiger partial charge in [-0.1, -0.05) is 48.2 Å². The van der Waals surface area contributed by atoms with Gasteiger partial charge in [0.25, 0.3) is 0 Å². The van der Waals surface area contributed by atoms with Crippen molar-refractivity contribution < 1.29 is 4.79 Å². The fraction of sp³-hybridized carbons (Fsp3) is 0.429. The minimum atomic E-state index is -0.0244. The van der Waals surface area contributed by atoms with Crippen LogP contribution in [0.3, 0.4) is 0 Å². The number of anilines is 1. The van der Waals surface area contributed by atoms with E-state index in [1.165, 1.54) is 12.8 Å². The quantitative estimate of drug-likeness (QED) is 0.600. The summed E-state index contributed by atoms with van der Waals surface area (Å²) in [7, 11) is 0. The van der Waals surface area contributed by atoms with Crippen LogP contribution in [-0.2, 0) is 4.79 Å². The molecular formula is C14H19BrN2OS. The van der Waals surface area contributed by atoms with E-state index in [0.717, 1.165) is 23.0 Å². The van der Waals surface area contributed by atoms with Gasteiger partial charge in [0.2, 0.25) is 5.91 Å². The fourth-order valence-corrected chi connectivity index (χ4v) is 2.26. The van der Waals surface area contributed by atoms with Gasteiger partial charge in [-0.05, 0) is 36.8 Å². The summed E-state index contributed by atoms with van der Waals surface area (Å²) in [6, 6.07) is 7.63. The van der Waals surface area contributed by atoms with Crippen LogP contribution in [-0.4, -0.2) is 11.0 Å². The number of unbranched alkanes of at least 4 members (excludes halogenated alkanes) is 3. The van der Waals surface area contributed by atoms with Crippen LogP contribution in [0.25, 0.3) is 0 Å². The Hall–Kier alpha value is -0.940. The molecule has 19 heavy (non-hydrogen) atoms. The third-order valence-corrected chi connectivity index (χ3v) is 3.29. The van der Waals surface area contributed by atoms with E-state index in [0.29, 0.717) is 11.5 Å². The number of nitrogens with one attached hydrogen (secondary N) is 2. The van der Waals surface area contributed by atoms with E-state index in [9.17, 15) is 4.79 Å². The van der Waals surface area contributed by atoms with Gasteiger partial charge < -0.3 is 10.6 Å². The second-order valence-corrected chi connectivity index (χ2v) is 5.65. The maximum absolute atomic E-state index is 11.6. The first kappa shape index (κ1) is 16.1. The minimum absolute atomic E-state index is 0.0244. The highest BCUT2D eigenvalue weighted by molar-refractivity contribution is 9.10. The van der Waals surface area contributed by atoms with Gasteiger partial charge >= 0.3 is 0 Å².